The van der Waals surface area contributed by atoms with Crippen molar-refractivity contribution in [3.63, 3.8) is 0 Å². The maximum atomic E-state index is 5.12. The highest BCUT2D eigenvalue weighted by Crippen LogP contribution is 2.01. The van der Waals surface area contributed by atoms with Crippen LogP contribution in [0, 0.1) is 0 Å². The Morgan fingerprint density at radius 2 is 2.25 bits per heavy atom. The summed E-state index contributed by atoms with van der Waals surface area (Å²) in [6.45, 7) is 0. The van der Waals surface area contributed by atoms with Gasteiger partial charge in [-0.05, 0) is 36.4 Å². The van der Waals surface area contributed by atoms with Crippen molar-refractivity contribution in [1.82, 2.24) is 4.98 Å². The van der Waals surface area contributed by atoms with Crippen LogP contribution in [-0.2, 0) is 0 Å². The number of hydrogen-bond donors (Lipinski definition) is 1. The van der Waals surface area contributed by atoms with Crippen molar-refractivity contribution in [2.45, 2.75) is 0 Å². The van der Waals surface area contributed by atoms with Gasteiger partial charge in [0.2, 0.25) is 0 Å². The van der Waals surface area contributed by atoms with Crippen LogP contribution < -0.4 is 5.43 Å². The zero-order chi connectivity index (χ0) is 11.1. The molecule has 1 N–H and O–H groups in total. The van der Waals surface area contributed by atoms with Gasteiger partial charge in [-0.15, -0.1) is 0 Å². The summed E-state index contributed by atoms with van der Waals surface area (Å²) in [5.74, 6) is 1.51. The van der Waals surface area contributed by atoms with Gasteiger partial charge in [0, 0.05) is 12.4 Å². The number of nitrogens with one attached hydrogen (secondary N) is 1. The van der Waals surface area contributed by atoms with E-state index in [1.165, 1.54) is 0 Å². The average molecular weight is 213 g/mol. The molecule has 0 aromatic carbocycles. The van der Waals surface area contributed by atoms with Crippen molar-refractivity contribution < 1.29 is 4.42 Å². The smallest absolute Gasteiger partial charge is 0.146 e. The Morgan fingerprint density at radius 3 is 3.00 bits per heavy atom. The Kier molecular flexibility index (Phi) is 3.50. The van der Waals surface area contributed by atoms with Crippen LogP contribution in [0.4, 0.5) is 5.82 Å². The molecule has 0 atom stereocenters. The third-order valence-corrected chi connectivity index (χ3v) is 1.81. The number of pyridine rings is 1. The van der Waals surface area contributed by atoms with Crippen molar-refractivity contribution >= 4 is 18.1 Å². The Labute approximate surface area is 93.3 Å². The lowest BCUT2D eigenvalue weighted by Gasteiger charge is -1.95. The molecular weight excluding hydrogens is 202 g/mol. The van der Waals surface area contributed by atoms with Gasteiger partial charge in [-0.3, -0.25) is 5.43 Å². The number of anilines is 1. The van der Waals surface area contributed by atoms with Gasteiger partial charge in [0.15, 0.2) is 0 Å². The fourth-order valence-electron chi connectivity index (χ4n) is 1.10. The molecular formula is C12H11N3O. The second-order valence-corrected chi connectivity index (χ2v) is 2.98. The Morgan fingerprint density at radius 1 is 1.25 bits per heavy atom. The molecule has 0 bridgehead atoms. The summed E-state index contributed by atoms with van der Waals surface area (Å²) < 4.78 is 5.12. The predicted molar refractivity (Wildman–Crippen MR) is 64.1 cm³/mol. The van der Waals surface area contributed by atoms with Crippen LogP contribution in [-0.4, -0.2) is 11.2 Å². The normalized spacial score (nSPS) is 11.2. The molecule has 4 nitrogen and oxygen atoms in total. The molecule has 16 heavy (non-hydrogen) atoms. The summed E-state index contributed by atoms with van der Waals surface area (Å²) in [6, 6.07) is 9.29. The molecule has 2 rings (SSSR count). The van der Waals surface area contributed by atoms with E-state index in [0.29, 0.717) is 5.82 Å². The Balaban J connectivity index is 1.83. The lowest BCUT2D eigenvalue weighted by molar-refractivity contribution is 0.557. The summed E-state index contributed by atoms with van der Waals surface area (Å²) >= 11 is 0. The van der Waals surface area contributed by atoms with Gasteiger partial charge in [0.05, 0.1) is 6.26 Å². The second kappa shape index (κ2) is 5.50. The van der Waals surface area contributed by atoms with Crippen LogP contribution in [0.5, 0.6) is 0 Å². The van der Waals surface area contributed by atoms with E-state index >= 15 is 0 Å². The molecule has 0 saturated carbocycles. The maximum absolute atomic E-state index is 5.12. The molecule has 0 unspecified atom stereocenters. The van der Waals surface area contributed by atoms with Gasteiger partial charge >= 0.3 is 0 Å². The Bertz CT molecular complexity index is 460. The van der Waals surface area contributed by atoms with Gasteiger partial charge in [-0.1, -0.05) is 6.07 Å². The zero-order valence-corrected chi connectivity index (χ0v) is 8.58. The predicted octanol–water partition coefficient (Wildman–Crippen LogP) is 2.79. The van der Waals surface area contributed by atoms with Crippen LogP contribution in [0.3, 0.4) is 0 Å². The summed E-state index contributed by atoms with van der Waals surface area (Å²) in [7, 11) is 0. The van der Waals surface area contributed by atoms with Crippen LogP contribution in [0.25, 0.3) is 6.08 Å². The summed E-state index contributed by atoms with van der Waals surface area (Å²) in [6.07, 6.45) is 8.58. The molecule has 0 fully saturated rings. The summed E-state index contributed by atoms with van der Waals surface area (Å²) in [4.78, 5) is 4.06. The van der Waals surface area contributed by atoms with Crippen LogP contribution in [0.2, 0.25) is 0 Å². The molecule has 0 amide bonds. The van der Waals surface area contributed by atoms with E-state index in [0.717, 1.165) is 5.76 Å². The molecule has 0 saturated heterocycles. The third kappa shape index (κ3) is 3.09. The first-order valence-corrected chi connectivity index (χ1v) is 4.85. The number of nitrogens with zero attached hydrogens (tertiary/aromatic N) is 2. The molecule has 0 radical (unpaired) electrons. The zero-order valence-electron chi connectivity index (χ0n) is 8.58. The van der Waals surface area contributed by atoms with E-state index in [1.54, 1.807) is 24.8 Å². The lowest BCUT2D eigenvalue weighted by Crippen LogP contribution is -1.90. The van der Waals surface area contributed by atoms with E-state index in [-0.39, 0.29) is 0 Å². The fraction of sp³-hybridized carbons (Fsp3) is 0. The van der Waals surface area contributed by atoms with Gasteiger partial charge in [-0.2, -0.15) is 5.10 Å². The van der Waals surface area contributed by atoms with Crippen LogP contribution in [0.1, 0.15) is 5.76 Å². The number of rotatable bonds is 4. The van der Waals surface area contributed by atoms with Crippen molar-refractivity contribution in [3.05, 3.63) is 54.6 Å². The first-order valence-electron chi connectivity index (χ1n) is 4.85. The highest BCUT2D eigenvalue weighted by atomic mass is 16.3. The number of allylic oxidation sites excluding steroid dienone is 1. The standard InChI is InChI=1S/C12H11N3O/c1-2-8-13-12(7-1)15-14-9-3-5-11-6-4-10-16-11/h1-10H,(H,13,15)/b5-3+,14-9+. The summed E-state index contributed by atoms with van der Waals surface area (Å²) in [5, 5.41) is 3.98. The minimum Gasteiger partial charge on any atom is -0.465 e. The van der Waals surface area contributed by atoms with E-state index < -0.39 is 0 Å². The number of furan rings is 1. The molecule has 0 spiro atoms. The first-order chi connectivity index (χ1) is 7.95. The third-order valence-electron chi connectivity index (χ3n) is 1.81. The van der Waals surface area contributed by atoms with Crippen LogP contribution in [0.15, 0.2) is 58.4 Å². The highest BCUT2D eigenvalue weighted by molar-refractivity contribution is 5.77. The largest absolute Gasteiger partial charge is 0.465 e. The monoisotopic (exact) mass is 213 g/mol. The molecule has 80 valence electrons. The maximum Gasteiger partial charge on any atom is 0.146 e. The molecule has 0 aliphatic carbocycles. The lowest BCUT2D eigenvalue weighted by atomic mass is 10.4. The van der Waals surface area contributed by atoms with Gasteiger partial charge < -0.3 is 4.42 Å². The van der Waals surface area contributed by atoms with Gasteiger partial charge in [0.25, 0.3) is 0 Å². The molecule has 0 aliphatic rings. The van der Waals surface area contributed by atoms with E-state index in [2.05, 4.69) is 15.5 Å². The Hall–Kier alpha value is -2.36. The molecule has 2 aromatic rings. The molecule has 2 aromatic heterocycles. The number of hydrazone groups is 1. The number of aromatic nitrogens is 1. The first kappa shape index (κ1) is 10.2. The fourth-order valence-corrected chi connectivity index (χ4v) is 1.10. The molecule has 4 heteroatoms. The second-order valence-electron chi connectivity index (χ2n) is 2.98. The number of hydrogen-bond acceptors (Lipinski definition) is 4. The van der Waals surface area contributed by atoms with E-state index in [4.69, 9.17) is 4.42 Å². The van der Waals surface area contributed by atoms with Crippen molar-refractivity contribution in [2.24, 2.45) is 5.10 Å². The quantitative estimate of drug-likeness (QED) is 0.627. The minimum absolute atomic E-state index is 0.713. The van der Waals surface area contributed by atoms with Crippen molar-refractivity contribution in [2.75, 3.05) is 5.43 Å². The van der Waals surface area contributed by atoms with Crippen molar-refractivity contribution in [3.8, 4) is 0 Å². The van der Waals surface area contributed by atoms with E-state index in [9.17, 15) is 0 Å². The van der Waals surface area contributed by atoms with Gasteiger partial charge in [-0.25, -0.2) is 4.98 Å². The average Bonchev–Trinajstić information content (AvgIpc) is 2.83. The van der Waals surface area contributed by atoms with E-state index in [1.807, 2.05) is 36.4 Å². The van der Waals surface area contributed by atoms with Crippen LogP contribution >= 0.6 is 0 Å². The van der Waals surface area contributed by atoms with Crippen molar-refractivity contribution in [1.29, 1.82) is 0 Å². The topological polar surface area (TPSA) is 50.4 Å². The summed E-state index contributed by atoms with van der Waals surface area (Å²) in [5.41, 5.74) is 2.80. The molecule has 2 heterocycles. The minimum atomic E-state index is 0.713. The molecule has 0 aliphatic heterocycles. The highest BCUT2D eigenvalue weighted by Gasteiger charge is 1.85. The SMILES string of the molecule is C(=C\c1ccco1)/C=N/Nc1ccccn1. The van der Waals surface area contributed by atoms with Gasteiger partial charge in [0.1, 0.15) is 11.6 Å².